The van der Waals surface area contributed by atoms with Crippen molar-refractivity contribution in [2.45, 2.75) is 51.6 Å². The van der Waals surface area contributed by atoms with E-state index in [9.17, 15) is 8.42 Å². The number of hydrogen-bond donors (Lipinski definition) is 1. The normalized spacial score (nSPS) is 22.8. The first-order valence-corrected chi connectivity index (χ1v) is 9.37. The van der Waals surface area contributed by atoms with Crippen LogP contribution in [0.1, 0.15) is 50.3 Å². The summed E-state index contributed by atoms with van der Waals surface area (Å²) in [6.07, 6.45) is 4.32. The average molecular weight is 295 g/mol. The van der Waals surface area contributed by atoms with Crippen molar-refractivity contribution >= 4 is 9.84 Å². The summed E-state index contributed by atoms with van der Waals surface area (Å²) < 4.78 is 22.9. The zero-order valence-corrected chi connectivity index (χ0v) is 13.2. The number of benzene rings is 1. The fraction of sp³-hybridized carbons (Fsp3) is 0.625. The number of hydrogen-bond acceptors (Lipinski definition) is 3. The third-order valence-corrected chi connectivity index (χ3v) is 5.78. The highest BCUT2D eigenvalue weighted by Crippen LogP contribution is 2.19. The van der Waals surface area contributed by atoms with E-state index < -0.39 is 9.84 Å². The van der Waals surface area contributed by atoms with Crippen molar-refractivity contribution in [1.29, 1.82) is 0 Å². The number of unbranched alkanes of at least 4 members (excludes halogenated alkanes) is 1. The first-order valence-electron chi connectivity index (χ1n) is 7.55. The second-order valence-electron chi connectivity index (χ2n) is 5.83. The summed E-state index contributed by atoms with van der Waals surface area (Å²) in [5.41, 5.74) is 2.61. The average Bonchev–Trinajstić information content (AvgIpc) is 2.76. The smallest absolute Gasteiger partial charge is 0.151 e. The second kappa shape index (κ2) is 6.72. The molecule has 1 aromatic carbocycles. The highest BCUT2D eigenvalue weighted by Gasteiger charge is 2.28. The Bertz CT molecular complexity index is 522. The zero-order valence-electron chi connectivity index (χ0n) is 12.4. The van der Waals surface area contributed by atoms with Crippen molar-refractivity contribution in [3.05, 3.63) is 35.4 Å². The molecule has 1 N–H and O–H groups in total. The van der Waals surface area contributed by atoms with E-state index in [1.54, 1.807) is 0 Å². The van der Waals surface area contributed by atoms with Gasteiger partial charge in [0.2, 0.25) is 0 Å². The quantitative estimate of drug-likeness (QED) is 0.878. The molecular formula is C16H25NO2S. The third-order valence-electron chi connectivity index (χ3n) is 4.02. The van der Waals surface area contributed by atoms with E-state index in [1.807, 2.05) is 0 Å². The Balaban J connectivity index is 1.90. The summed E-state index contributed by atoms with van der Waals surface area (Å²) in [4.78, 5) is 0. The van der Waals surface area contributed by atoms with E-state index in [-0.39, 0.29) is 17.8 Å². The molecule has 112 valence electrons. The van der Waals surface area contributed by atoms with Gasteiger partial charge in [-0.05, 0) is 37.3 Å². The van der Waals surface area contributed by atoms with Crippen molar-refractivity contribution in [3.63, 3.8) is 0 Å². The summed E-state index contributed by atoms with van der Waals surface area (Å²) in [7, 11) is -2.80. The molecule has 0 saturated carbocycles. The summed E-state index contributed by atoms with van der Waals surface area (Å²) in [5.74, 6) is 0.610. The lowest BCUT2D eigenvalue weighted by molar-refractivity contribution is 0.485. The van der Waals surface area contributed by atoms with Crippen LogP contribution in [0.15, 0.2) is 24.3 Å². The SMILES string of the molecule is CCCCc1ccc(C(C)NC2CCS(=O)(=O)C2)cc1. The predicted octanol–water partition coefficient (Wildman–Crippen LogP) is 2.87. The molecule has 1 saturated heterocycles. The van der Waals surface area contributed by atoms with Crippen LogP contribution >= 0.6 is 0 Å². The first kappa shape index (κ1) is 15.5. The van der Waals surface area contributed by atoms with Crippen LogP contribution in [0, 0.1) is 0 Å². The number of rotatable bonds is 6. The molecule has 1 aromatic rings. The molecule has 0 aromatic heterocycles. The number of sulfone groups is 1. The Morgan fingerprint density at radius 3 is 2.55 bits per heavy atom. The summed E-state index contributed by atoms with van der Waals surface area (Å²) >= 11 is 0. The summed E-state index contributed by atoms with van der Waals surface area (Å²) in [5, 5.41) is 3.43. The van der Waals surface area contributed by atoms with Crippen LogP contribution in [0.5, 0.6) is 0 Å². The standard InChI is InChI=1S/C16H25NO2S/c1-3-4-5-14-6-8-15(9-7-14)13(2)17-16-10-11-20(18,19)12-16/h6-9,13,16-17H,3-5,10-12H2,1-2H3. The lowest BCUT2D eigenvalue weighted by Gasteiger charge is -2.19. The topological polar surface area (TPSA) is 46.2 Å². The van der Waals surface area contributed by atoms with Crippen LogP contribution in [0.2, 0.25) is 0 Å². The van der Waals surface area contributed by atoms with Gasteiger partial charge in [0.1, 0.15) is 0 Å². The minimum absolute atomic E-state index is 0.106. The zero-order chi connectivity index (χ0) is 14.6. The molecule has 0 aliphatic carbocycles. The van der Waals surface area contributed by atoms with E-state index in [2.05, 4.69) is 43.4 Å². The maximum absolute atomic E-state index is 11.5. The highest BCUT2D eigenvalue weighted by molar-refractivity contribution is 7.91. The molecule has 0 spiro atoms. The predicted molar refractivity (Wildman–Crippen MR) is 83.7 cm³/mol. The fourth-order valence-corrected chi connectivity index (χ4v) is 4.42. The Morgan fingerprint density at radius 1 is 1.30 bits per heavy atom. The summed E-state index contributed by atoms with van der Waals surface area (Å²) in [6.45, 7) is 4.31. The lowest BCUT2D eigenvalue weighted by Crippen LogP contribution is -2.32. The van der Waals surface area contributed by atoms with E-state index in [1.165, 1.54) is 24.0 Å². The number of aryl methyl sites for hydroxylation is 1. The second-order valence-corrected chi connectivity index (χ2v) is 8.06. The Morgan fingerprint density at radius 2 is 2.00 bits per heavy atom. The minimum atomic E-state index is -2.80. The van der Waals surface area contributed by atoms with Gasteiger partial charge in [0.25, 0.3) is 0 Å². The molecule has 0 radical (unpaired) electrons. The van der Waals surface area contributed by atoms with Gasteiger partial charge in [0.05, 0.1) is 11.5 Å². The maximum atomic E-state index is 11.5. The molecule has 3 nitrogen and oxygen atoms in total. The monoisotopic (exact) mass is 295 g/mol. The number of nitrogens with one attached hydrogen (secondary N) is 1. The van der Waals surface area contributed by atoms with Crippen molar-refractivity contribution in [2.75, 3.05) is 11.5 Å². The molecule has 1 aliphatic rings. The highest BCUT2D eigenvalue weighted by atomic mass is 32.2. The lowest BCUT2D eigenvalue weighted by atomic mass is 10.0. The molecular weight excluding hydrogens is 270 g/mol. The Kier molecular flexibility index (Phi) is 5.22. The maximum Gasteiger partial charge on any atom is 0.151 e. The van der Waals surface area contributed by atoms with E-state index >= 15 is 0 Å². The van der Waals surface area contributed by atoms with E-state index in [0.29, 0.717) is 5.75 Å². The van der Waals surface area contributed by atoms with Gasteiger partial charge in [0, 0.05) is 12.1 Å². The van der Waals surface area contributed by atoms with Gasteiger partial charge in [-0.1, -0.05) is 37.6 Å². The molecule has 4 heteroatoms. The van der Waals surface area contributed by atoms with Crippen LogP contribution in [-0.2, 0) is 16.3 Å². The molecule has 2 unspecified atom stereocenters. The molecule has 20 heavy (non-hydrogen) atoms. The molecule has 1 fully saturated rings. The summed E-state index contributed by atoms with van der Waals surface area (Å²) in [6, 6.07) is 9.00. The molecule has 2 rings (SSSR count). The van der Waals surface area contributed by atoms with Crippen LogP contribution in [0.3, 0.4) is 0 Å². The first-order chi connectivity index (χ1) is 9.50. The van der Waals surface area contributed by atoms with Gasteiger partial charge < -0.3 is 5.32 Å². The Hall–Kier alpha value is -0.870. The van der Waals surface area contributed by atoms with E-state index in [0.717, 1.165) is 12.8 Å². The van der Waals surface area contributed by atoms with Gasteiger partial charge in [-0.3, -0.25) is 0 Å². The van der Waals surface area contributed by atoms with Crippen molar-refractivity contribution in [2.24, 2.45) is 0 Å². The van der Waals surface area contributed by atoms with Crippen molar-refractivity contribution < 1.29 is 8.42 Å². The van der Waals surface area contributed by atoms with Gasteiger partial charge in [-0.15, -0.1) is 0 Å². The largest absolute Gasteiger partial charge is 0.306 e. The van der Waals surface area contributed by atoms with Crippen molar-refractivity contribution in [3.8, 4) is 0 Å². The van der Waals surface area contributed by atoms with Crippen LogP contribution in [-0.4, -0.2) is 26.0 Å². The van der Waals surface area contributed by atoms with Gasteiger partial charge in [-0.25, -0.2) is 8.42 Å². The van der Waals surface area contributed by atoms with E-state index in [4.69, 9.17) is 0 Å². The molecule has 0 amide bonds. The van der Waals surface area contributed by atoms with Crippen molar-refractivity contribution in [1.82, 2.24) is 5.32 Å². The molecule has 1 heterocycles. The third kappa shape index (κ3) is 4.32. The fourth-order valence-electron chi connectivity index (χ4n) is 2.73. The molecule has 0 bridgehead atoms. The molecule has 2 atom stereocenters. The Labute approximate surface area is 122 Å². The van der Waals surface area contributed by atoms with Crippen LogP contribution < -0.4 is 5.32 Å². The van der Waals surface area contributed by atoms with Gasteiger partial charge in [0.15, 0.2) is 9.84 Å². The van der Waals surface area contributed by atoms with Gasteiger partial charge >= 0.3 is 0 Å². The molecule has 1 aliphatic heterocycles. The van der Waals surface area contributed by atoms with Crippen LogP contribution in [0.4, 0.5) is 0 Å². The van der Waals surface area contributed by atoms with Crippen LogP contribution in [0.25, 0.3) is 0 Å². The van der Waals surface area contributed by atoms with Gasteiger partial charge in [-0.2, -0.15) is 0 Å². The minimum Gasteiger partial charge on any atom is -0.306 e.